The topological polar surface area (TPSA) is 68.4 Å². The minimum Gasteiger partial charge on any atom is -0.485 e. The maximum absolute atomic E-state index is 9.40. The molecular weight excluding hydrogens is 244 g/mol. The highest BCUT2D eigenvalue weighted by Gasteiger charge is 2.06. The first-order valence-corrected chi connectivity index (χ1v) is 6.41. The molecule has 0 bridgehead atoms. The molecule has 1 heterocycles. The molecule has 0 aliphatic carbocycles. The van der Waals surface area contributed by atoms with Crippen molar-refractivity contribution in [2.75, 3.05) is 0 Å². The van der Waals surface area contributed by atoms with Crippen molar-refractivity contribution in [1.29, 1.82) is 0 Å². The molecule has 19 heavy (non-hydrogen) atoms. The zero-order valence-electron chi connectivity index (χ0n) is 11.2. The Morgan fingerprint density at radius 3 is 2.68 bits per heavy atom. The van der Waals surface area contributed by atoms with Gasteiger partial charge in [0.05, 0.1) is 6.10 Å². The van der Waals surface area contributed by atoms with E-state index in [9.17, 15) is 5.11 Å². The van der Waals surface area contributed by atoms with E-state index in [0.717, 1.165) is 18.4 Å². The van der Waals surface area contributed by atoms with Gasteiger partial charge in [0, 0.05) is 6.42 Å². The number of hydrogen-bond acceptors (Lipinski definition) is 5. The van der Waals surface area contributed by atoms with Gasteiger partial charge in [-0.3, -0.25) is 0 Å². The van der Waals surface area contributed by atoms with Crippen LogP contribution in [-0.2, 0) is 13.0 Å². The summed E-state index contributed by atoms with van der Waals surface area (Å²) in [5.41, 5.74) is 0.858. The smallest absolute Gasteiger partial charge is 0.226 e. The summed E-state index contributed by atoms with van der Waals surface area (Å²) < 4.78 is 10.6. The quantitative estimate of drug-likeness (QED) is 0.866. The predicted octanol–water partition coefficient (Wildman–Crippen LogP) is 2.65. The van der Waals surface area contributed by atoms with Crippen molar-refractivity contribution >= 4 is 0 Å². The summed E-state index contributed by atoms with van der Waals surface area (Å²) in [7, 11) is 0. The lowest BCUT2D eigenvalue weighted by atomic mass is 10.1. The van der Waals surface area contributed by atoms with Gasteiger partial charge in [0.2, 0.25) is 11.7 Å². The van der Waals surface area contributed by atoms with Crippen molar-refractivity contribution in [3.05, 3.63) is 41.5 Å². The van der Waals surface area contributed by atoms with Crippen LogP contribution >= 0.6 is 0 Å². The van der Waals surface area contributed by atoms with Crippen molar-refractivity contribution in [1.82, 2.24) is 10.1 Å². The summed E-state index contributed by atoms with van der Waals surface area (Å²) in [6.07, 6.45) is 1.29. The Morgan fingerprint density at radius 2 is 2.05 bits per heavy atom. The van der Waals surface area contributed by atoms with Crippen LogP contribution in [0.5, 0.6) is 5.75 Å². The van der Waals surface area contributed by atoms with Crippen LogP contribution in [0.25, 0.3) is 0 Å². The molecule has 2 aromatic rings. The normalized spacial score (nSPS) is 12.4. The van der Waals surface area contributed by atoms with Crippen molar-refractivity contribution in [2.45, 2.75) is 39.4 Å². The summed E-state index contributed by atoms with van der Waals surface area (Å²) in [5, 5.41) is 13.2. The number of aliphatic hydroxyl groups excluding tert-OH is 1. The monoisotopic (exact) mass is 262 g/mol. The Morgan fingerprint density at radius 1 is 1.32 bits per heavy atom. The highest BCUT2D eigenvalue weighted by molar-refractivity contribution is 5.28. The molecule has 5 heteroatoms. The molecule has 1 N–H and O–H groups in total. The first kappa shape index (κ1) is 13.5. The van der Waals surface area contributed by atoms with Gasteiger partial charge < -0.3 is 14.4 Å². The largest absolute Gasteiger partial charge is 0.485 e. The third kappa shape index (κ3) is 3.79. The number of nitrogens with zero attached hydrogens (tertiary/aromatic N) is 2. The summed E-state index contributed by atoms with van der Waals surface area (Å²) in [6, 6.07) is 7.29. The standard InChI is InChI=1S/C14H18N2O3/c1-3-4-14-15-13(16-19-14)9-18-12-7-5-11(6-8-12)10(2)17/h5-8,10,17H,3-4,9H2,1-2H3. The molecule has 0 aliphatic rings. The van der Waals surface area contributed by atoms with Gasteiger partial charge in [0.1, 0.15) is 5.75 Å². The van der Waals surface area contributed by atoms with Crippen LogP contribution in [0.4, 0.5) is 0 Å². The zero-order chi connectivity index (χ0) is 13.7. The fraction of sp³-hybridized carbons (Fsp3) is 0.429. The molecule has 0 radical (unpaired) electrons. The van der Waals surface area contributed by atoms with Gasteiger partial charge >= 0.3 is 0 Å². The molecule has 0 saturated carbocycles. The third-order valence-electron chi connectivity index (χ3n) is 2.70. The lowest BCUT2D eigenvalue weighted by Gasteiger charge is -2.06. The minimum absolute atomic E-state index is 0.279. The number of ether oxygens (including phenoxy) is 1. The van der Waals surface area contributed by atoms with Crippen molar-refractivity contribution in [3.8, 4) is 5.75 Å². The molecule has 0 fully saturated rings. The second-order valence-corrected chi connectivity index (χ2v) is 4.39. The van der Waals surface area contributed by atoms with E-state index < -0.39 is 6.10 Å². The summed E-state index contributed by atoms with van der Waals surface area (Å²) >= 11 is 0. The Kier molecular flexibility index (Phi) is 4.52. The van der Waals surface area contributed by atoms with Crippen LogP contribution in [-0.4, -0.2) is 15.2 Å². The molecule has 1 aromatic heterocycles. The lowest BCUT2D eigenvalue weighted by molar-refractivity contribution is 0.199. The fourth-order valence-electron chi connectivity index (χ4n) is 1.65. The molecule has 1 unspecified atom stereocenters. The third-order valence-corrected chi connectivity index (χ3v) is 2.70. The molecule has 0 amide bonds. The Labute approximate surface area is 112 Å². The number of hydrogen-bond donors (Lipinski definition) is 1. The number of aliphatic hydroxyl groups is 1. The van der Waals surface area contributed by atoms with E-state index in [-0.39, 0.29) is 6.61 Å². The number of benzene rings is 1. The molecule has 1 aromatic carbocycles. The van der Waals surface area contributed by atoms with E-state index in [0.29, 0.717) is 17.5 Å². The maximum atomic E-state index is 9.40. The van der Waals surface area contributed by atoms with Crippen LogP contribution in [0.1, 0.15) is 43.7 Å². The van der Waals surface area contributed by atoms with E-state index in [2.05, 4.69) is 17.1 Å². The molecule has 5 nitrogen and oxygen atoms in total. The number of aryl methyl sites for hydroxylation is 1. The summed E-state index contributed by atoms with van der Waals surface area (Å²) in [5.74, 6) is 1.90. The average molecular weight is 262 g/mol. The number of aromatic nitrogens is 2. The van der Waals surface area contributed by atoms with E-state index in [1.807, 2.05) is 24.3 Å². The van der Waals surface area contributed by atoms with Gasteiger partial charge in [-0.2, -0.15) is 4.98 Å². The molecule has 2 rings (SSSR count). The van der Waals surface area contributed by atoms with Gasteiger partial charge in [-0.15, -0.1) is 0 Å². The molecular formula is C14H18N2O3. The molecule has 102 valence electrons. The van der Waals surface area contributed by atoms with E-state index in [1.165, 1.54) is 0 Å². The SMILES string of the molecule is CCCc1nc(COc2ccc(C(C)O)cc2)no1. The molecule has 1 atom stereocenters. The van der Waals surface area contributed by atoms with Crippen LogP contribution < -0.4 is 4.74 Å². The fourth-order valence-corrected chi connectivity index (χ4v) is 1.65. The van der Waals surface area contributed by atoms with Crippen molar-refractivity contribution in [2.24, 2.45) is 0 Å². The minimum atomic E-state index is -0.470. The van der Waals surface area contributed by atoms with E-state index in [1.54, 1.807) is 6.92 Å². The lowest BCUT2D eigenvalue weighted by Crippen LogP contribution is -1.98. The van der Waals surface area contributed by atoms with Crippen LogP contribution in [0.3, 0.4) is 0 Å². The van der Waals surface area contributed by atoms with Gasteiger partial charge in [-0.1, -0.05) is 24.2 Å². The highest BCUT2D eigenvalue weighted by Crippen LogP contribution is 2.17. The summed E-state index contributed by atoms with van der Waals surface area (Å²) in [6.45, 7) is 4.07. The van der Waals surface area contributed by atoms with Crippen molar-refractivity contribution < 1.29 is 14.4 Å². The van der Waals surface area contributed by atoms with Crippen LogP contribution in [0, 0.1) is 0 Å². The summed E-state index contributed by atoms with van der Waals surface area (Å²) in [4.78, 5) is 4.22. The van der Waals surface area contributed by atoms with Gasteiger partial charge in [-0.05, 0) is 31.0 Å². The van der Waals surface area contributed by atoms with Gasteiger partial charge in [-0.25, -0.2) is 0 Å². The highest BCUT2D eigenvalue weighted by atomic mass is 16.5. The number of rotatable bonds is 6. The molecule has 0 aliphatic heterocycles. The van der Waals surface area contributed by atoms with Gasteiger partial charge in [0.25, 0.3) is 0 Å². The Hall–Kier alpha value is -1.88. The predicted molar refractivity (Wildman–Crippen MR) is 69.7 cm³/mol. The van der Waals surface area contributed by atoms with Crippen LogP contribution in [0.2, 0.25) is 0 Å². The van der Waals surface area contributed by atoms with E-state index in [4.69, 9.17) is 9.26 Å². The van der Waals surface area contributed by atoms with Crippen molar-refractivity contribution in [3.63, 3.8) is 0 Å². The first-order valence-electron chi connectivity index (χ1n) is 6.41. The van der Waals surface area contributed by atoms with Gasteiger partial charge in [0.15, 0.2) is 6.61 Å². The Bertz CT molecular complexity index is 506. The van der Waals surface area contributed by atoms with Crippen LogP contribution in [0.15, 0.2) is 28.8 Å². The van der Waals surface area contributed by atoms with E-state index >= 15 is 0 Å². The Balaban J connectivity index is 1.90. The maximum Gasteiger partial charge on any atom is 0.226 e. The zero-order valence-corrected chi connectivity index (χ0v) is 11.2. The molecule has 0 saturated heterocycles. The second-order valence-electron chi connectivity index (χ2n) is 4.39. The second kappa shape index (κ2) is 6.33. The first-order chi connectivity index (χ1) is 9.19. The molecule has 0 spiro atoms. The average Bonchev–Trinajstić information content (AvgIpc) is 2.85.